The third-order valence-electron chi connectivity index (χ3n) is 6.64. The van der Waals surface area contributed by atoms with Gasteiger partial charge in [0.2, 0.25) is 15.9 Å². The number of piperazine rings is 2. The van der Waals surface area contributed by atoms with E-state index < -0.39 is 10.0 Å². The fourth-order valence-electron chi connectivity index (χ4n) is 4.55. The summed E-state index contributed by atoms with van der Waals surface area (Å²) in [7, 11) is -1.47. The first kappa shape index (κ1) is 22.1. The molecule has 10 nitrogen and oxygen atoms in total. The van der Waals surface area contributed by atoms with Crippen molar-refractivity contribution >= 4 is 33.3 Å². The van der Waals surface area contributed by atoms with Crippen LogP contribution in [0.5, 0.6) is 0 Å². The van der Waals surface area contributed by atoms with E-state index in [1.54, 1.807) is 24.5 Å². The lowest BCUT2D eigenvalue weighted by Gasteiger charge is -2.36. The summed E-state index contributed by atoms with van der Waals surface area (Å²) in [5.74, 6) is 1.72. The number of nitrogens with one attached hydrogen (secondary N) is 1. The molecule has 0 saturated carbocycles. The number of anilines is 3. The topological polar surface area (TPSA) is 102 Å². The quantitative estimate of drug-likeness (QED) is 0.693. The predicted octanol–water partition coefficient (Wildman–Crippen LogP) is 0.624. The number of hydrogen-bond acceptors (Lipinski definition) is 8. The monoisotopic (exact) mass is 471 g/mol. The van der Waals surface area contributed by atoms with Gasteiger partial charge >= 0.3 is 0 Å². The second-order valence-electron chi connectivity index (χ2n) is 8.78. The SMILES string of the molecule is CN1CCN(c2cc(N3CCN(S(=O)(=O)c4ccc5c(c4)CCC(=O)N5)CC3)ncn2)CC1. The number of carbonyl (C=O) groups is 1. The maximum Gasteiger partial charge on any atom is 0.243 e. The zero-order valence-electron chi connectivity index (χ0n) is 18.8. The van der Waals surface area contributed by atoms with Crippen molar-refractivity contribution in [1.82, 2.24) is 19.2 Å². The second-order valence-corrected chi connectivity index (χ2v) is 10.7. The summed E-state index contributed by atoms with van der Waals surface area (Å²) in [4.78, 5) is 27.4. The number of likely N-dealkylation sites (N-methyl/N-ethyl adjacent to an activating group) is 1. The zero-order valence-corrected chi connectivity index (χ0v) is 19.6. The van der Waals surface area contributed by atoms with Crippen LogP contribution >= 0.6 is 0 Å². The van der Waals surface area contributed by atoms with Crippen LogP contribution in [0.4, 0.5) is 17.3 Å². The van der Waals surface area contributed by atoms with Crippen molar-refractivity contribution in [3.8, 4) is 0 Å². The Labute approximate surface area is 194 Å². The molecule has 0 bridgehead atoms. The lowest BCUT2D eigenvalue weighted by atomic mass is 10.0. The summed E-state index contributed by atoms with van der Waals surface area (Å²) in [5, 5.41) is 2.80. The minimum atomic E-state index is -3.60. The first-order chi connectivity index (χ1) is 15.9. The van der Waals surface area contributed by atoms with Crippen molar-refractivity contribution in [3.63, 3.8) is 0 Å². The van der Waals surface area contributed by atoms with Crippen LogP contribution in [0.3, 0.4) is 0 Å². The molecule has 1 amide bonds. The molecule has 2 saturated heterocycles. The standard InChI is InChI=1S/C22H29N7O3S/c1-26-6-8-27(9-7-26)20-15-21(24-16-23-20)28-10-12-29(13-11-28)33(31,32)18-3-4-19-17(14-18)2-5-22(30)25-19/h3-4,14-16H,2,5-13H2,1H3,(H,25,30). The van der Waals surface area contributed by atoms with Gasteiger partial charge in [-0.25, -0.2) is 18.4 Å². The zero-order chi connectivity index (χ0) is 23.0. The van der Waals surface area contributed by atoms with Crippen LogP contribution < -0.4 is 15.1 Å². The van der Waals surface area contributed by atoms with Crippen molar-refractivity contribution in [3.05, 3.63) is 36.2 Å². The van der Waals surface area contributed by atoms with Gasteiger partial charge in [0.15, 0.2) is 0 Å². The van der Waals surface area contributed by atoms with Gasteiger partial charge in [-0.1, -0.05) is 0 Å². The molecule has 11 heteroatoms. The average Bonchev–Trinajstić information content (AvgIpc) is 2.84. The van der Waals surface area contributed by atoms with E-state index in [-0.39, 0.29) is 10.8 Å². The first-order valence-electron chi connectivity index (χ1n) is 11.3. The minimum Gasteiger partial charge on any atom is -0.354 e. The van der Waals surface area contributed by atoms with Gasteiger partial charge in [-0.15, -0.1) is 0 Å². The molecule has 2 aromatic rings. The van der Waals surface area contributed by atoms with Crippen molar-refractivity contribution in [2.24, 2.45) is 0 Å². The van der Waals surface area contributed by atoms with E-state index in [9.17, 15) is 13.2 Å². The number of aryl methyl sites for hydroxylation is 1. The third-order valence-corrected chi connectivity index (χ3v) is 8.53. The molecular formula is C22H29N7O3S. The van der Waals surface area contributed by atoms with E-state index in [2.05, 4.69) is 37.0 Å². The largest absolute Gasteiger partial charge is 0.354 e. The Morgan fingerprint density at radius 1 is 0.848 bits per heavy atom. The number of hydrogen-bond donors (Lipinski definition) is 1. The molecule has 1 N–H and O–H groups in total. The lowest BCUT2D eigenvalue weighted by Crippen LogP contribution is -2.49. The minimum absolute atomic E-state index is 0.0327. The fraction of sp³-hybridized carbons (Fsp3) is 0.500. The number of fused-ring (bicyclic) bond motifs is 1. The van der Waals surface area contributed by atoms with E-state index in [1.165, 1.54) is 4.31 Å². The molecule has 1 aromatic heterocycles. The number of rotatable bonds is 4. The Morgan fingerprint density at radius 3 is 2.15 bits per heavy atom. The molecule has 3 aliphatic rings. The first-order valence-corrected chi connectivity index (χ1v) is 12.8. The van der Waals surface area contributed by atoms with E-state index >= 15 is 0 Å². The number of benzene rings is 1. The molecule has 0 radical (unpaired) electrons. The smallest absolute Gasteiger partial charge is 0.243 e. The van der Waals surface area contributed by atoms with Crippen molar-refractivity contribution in [2.75, 3.05) is 74.5 Å². The number of nitrogens with zero attached hydrogens (tertiary/aromatic N) is 6. The maximum absolute atomic E-state index is 13.3. The highest BCUT2D eigenvalue weighted by molar-refractivity contribution is 7.89. The van der Waals surface area contributed by atoms with Gasteiger partial charge in [0.1, 0.15) is 18.0 Å². The average molecular weight is 472 g/mol. The second kappa shape index (κ2) is 8.88. The molecule has 2 fully saturated rings. The van der Waals surface area contributed by atoms with E-state index in [4.69, 9.17) is 0 Å². The summed E-state index contributed by atoms with van der Waals surface area (Å²) in [5.41, 5.74) is 1.57. The van der Waals surface area contributed by atoms with Crippen LogP contribution in [-0.2, 0) is 21.2 Å². The van der Waals surface area contributed by atoms with Gasteiger partial charge in [0.25, 0.3) is 0 Å². The van der Waals surface area contributed by atoms with Crippen LogP contribution in [0.1, 0.15) is 12.0 Å². The third kappa shape index (κ3) is 4.53. The Morgan fingerprint density at radius 2 is 1.48 bits per heavy atom. The summed E-state index contributed by atoms with van der Waals surface area (Å²) in [6, 6.07) is 6.98. The molecule has 176 valence electrons. The van der Waals surface area contributed by atoms with E-state index in [0.717, 1.165) is 43.4 Å². The predicted molar refractivity (Wildman–Crippen MR) is 126 cm³/mol. The van der Waals surface area contributed by atoms with Crippen molar-refractivity contribution in [2.45, 2.75) is 17.7 Å². The Kier molecular flexibility index (Phi) is 5.94. The highest BCUT2D eigenvalue weighted by Gasteiger charge is 2.30. The van der Waals surface area contributed by atoms with Crippen LogP contribution in [0.15, 0.2) is 35.5 Å². The molecular weight excluding hydrogens is 442 g/mol. The van der Waals surface area contributed by atoms with Crippen LogP contribution in [-0.4, -0.2) is 92.9 Å². The number of amides is 1. The van der Waals surface area contributed by atoms with Crippen LogP contribution in [0.25, 0.3) is 0 Å². The van der Waals surface area contributed by atoms with Gasteiger partial charge in [0, 0.05) is 70.5 Å². The highest BCUT2D eigenvalue weighted by Crippen LogP contribution is 2.28. The molecule has 0 aliphatic carbocycles. The molecule has 0 atom stereocenters. The fourth-order valence-corrected chi connectivity index (χ4v) is 6.02. The Hall–Kier alpha value is -2.76. The normalized spacial score (nSPS) is 20.5. The molecule has 33 heavy (non-hydrogen) atoms. The van der Waals surface area contributed by atoms with Gasteiger partial charge in [-0.2, -0.15) is 4.31 Å². The van der Waals surface area contributed by atoms with Crippen LogP contribution in [0, 0.1) is 0 Å². The van der Waals surface area contributed by atoms with Crippen LogP contribution in [0.2, 0.25) is 0 Å². The van der Waals surface area contributed by atoms with Crippen molar-refractivity contribution in [1.29, 1.82) is 0 Å². The lowest BCUT2D eigenvalue weighted by molar-refractivity contribution is -0.116. The summed E-state index contributed by atoms with van der Waals surface area (Å²) >= 11 is 0. The maximum atomic E-state index is 13.3. The number of sulfonamides is 1. The molecule has 3 aliphatic heterocycles. The van der Waals surface area contributed by atoms with Crippen molar-refractivity contribution < 1.29 is 13.2 Å². The Balaban J connectivity index is 1.26. The Bertz CT molecular complexity index is 1140. The molecule has 0 spiro atoms. The van der Waals surface area contributed by atoms with Gasteiger partial charge in [-0.3, -0.25) is 4.79 Å². The van der Waals surface area contributed by atoms with Gasteiger partial charge in [0.05, 0.1) is 4.90 Å². The molecule has 0 unspecified atom stereocenters. The highest BCUT2D eigenvalue weighted by atomic mass is 32.2. The summed E-state index contributed by atoms with van der Waals surface area (Å²) < 4.78 is 28.0. The number of carbonyl (C=O) groups excluding carboxylic acids is 1. The van der Waals surface area contributed by atoms with Gasteiger partial charge < -0.3 is 20.0 Å². The molecule has 5 rings (SSSR count). The summed E-state index contributed by atoms with van der Waals surface area (Å²) in [6.07, 6.45) is 2.53. The molecule has 1 aromatic carbocycles. The number of aromatic nitrogens is 2. The van der Waals surface area contributed by atoms with Gasteiger partial charge in [-0.05, 0) is 37.2 Å². The van der Waals surface area contributed by atoms with E-state index in [0.29, 0.717) is 44.7 Å². The molecule has 4 heterocycles. The van der Waals surface area contributed by atoms with E-state index in [1.807, 2.05) is 6.07 Å². The summed E-state index contributed by atoms with van der Waals surface area (Å²) in [6.45, 7) is 5.80.